The van der Waals surface area contributed by atoms with Crippen molar-refractivity contribution in [1.82, 2.24) is 9.80 Å². The lowest BCUT2D eigenvalue weighted by Gasteiger charge is -2.31. The average molecular weight is 451 g/mol. The number of likely N-dealkylation sites (tertiary alicyclic amines) is 1. The van der Waals surface area contributed by atoms with Crippen molar-refractivity contribution in [1.29, 1.82) is 0 Å². The summed E-state index contributed by atoms with van der Waals surface area (Å²) in [5, 5.41) is 0. The van der Waals surface area contributed by atoms with Gasteiger partial charge in [-0.05, 0) is 95.6 Å². The first-order valence-electron chi connectivity index (χ1n) is 6.86. The predicted octanol–water partition coefficient (Wildman–Crippen LogP) is 3.47. The molecule has 0 atom stereocenters. The van der Waals surface area contributed by atoms with E-state index in [1.807, 2.05) is 30.1 Å². The quantitative estimate of drug-likeness (QED) is 0.658. The van der Waals surface area contributed by atoms with Crippen LogP contribution < -0.4 is 0 Å². The van der Waals surface area contributed by atoms with Gasteiger partial charge in [0.2, 0.25) is 0 Å². The molecule has 3 nitrogen and oxygen atoms in total. The number of carbonyl (C=O) groups excluding carboxylic acids is 1. The number of nitrogens with zero attached hydrogens (tertiary/aromatic N) is 2. The Labute approximate surface area is 143 Å². The maximum Gasteiger partial charge on any atom is 0.254 e. The summed E-state index contributed by atoms with van der Waals surface area (Å²) in [4.78, 5) is 16.8. The van der Waals surface area contributed by atoms with Crippen molar-refractivity contribution in [2.45, 2.75) is 12.8 Å². The molecule has 0 aliphatic carbocycles. The summed E-state index contributed by atoms with van der Waals surface area (Å²) in [6.45, 7) is 3.13. The van der Waals surface area contributed by atoms with E-state index in [1.165, 1.54) is 12.8 Å². The highest BCUT2D eigenvalue weighted by Gasteiger charge is 2.22. The average Bonchev–Trinajstić information content (AvgIpc) is 2.43. The summed E-state index contributed by atoms with van der Waals surface area (Å²) in [5.41, 5.74) is 0.757. The van der Waals surface area contributed by atoms with Gasteiger partial charge in [0, 0.05) is 21.6 Å². The van der Waals surface area contributed by atoms with E-state index in [2.05, 4.69) is 50.5 Å². The molecule has 5 heteroatoms. The lowest BCUT2D eigenvalue weighted by molar-refractivity contribution is 0.0746. The summed E-state index contributed by atoms with van der Waals surface area (Å²) in [7, 11) is 4.07. The van der Waals surface area contributed by atoms with Crippen LogP contribution in [0.3, 0.4) is 0 Å². The SMILES string of the molecule is CN1CCC(CN(C)C(=O)c2cc(I)ccc2Br)CC1. The minimum atomic E-state index is 0.106. The maximum atomic E-state index is 12.5. The van der Waals surface area contributed by atoms with Crippen molar-refractivity contribution in [2.75, 3.05) is 33.7 Å². The molecule has 0 radical (unpaired) electrons. The van der Waals surface area contributed by atoms with Gasteiger partial charge in [-0.2, -0.15) is 0 Å². The van der Waals surface area contributed by atoms with Crippen molar-refractivity contribution < 1.29 is 4.79 Å². The molecule has 0 spiro atoms. The second kappa shape index (κ2) is 7.22. The molecule has 1 aromatic rings. The Morgan fingerprint density at radius 3 is 2.75 bits per heavy atom. The van der Waals surface area contributed by atoms with Crippen LogP contribution in [0.15, 0.2) is 22.7 Å². The van der Waals surface area contributed by atoms with E-state index >= 15 is 0 Å². The van der Waals surface area contributed by atoms with Gasteiger partial charge in [-0.1, -0.05) is 0 Å². The van der Waals surface area contributed by atoms with Crippen molar-refractivity contribution in [3.8, 4) is 0 Å². The van der Waals surface area contributed by atoms with Crippen molar-refractivity contribution in [3.05, 3.63) is 31.8 Å². The van der Waals surface area contributed by atoms with E-state index in [1.54, 1.807) is 0 Å². The molecule has 0 bridgehead atoms. The fourth-order valence-electron chi connectivity index (χ4n) is 2.58. The zero-order valence-electron chi connectivity index (χ0n) is 11.9. The van der Waals surface area contributed by atoms with Gasteiger partial charge in [0.25, 0.3) is 5.91 Å². The van der Waals surface area contributed by atoms with Gasteiger partial charge in [-0.3, -0.25) is 4.79 Å². The minimum absolute atomic E-state index is 0.106. The van der Waals surface area contributed by atoms with Gasteiger partial charge in [0.15, 0.2) is 0 Å². The van der Waals surface area contributed by atoms with Crippen LogP contribution in [0.1, 0.15) is 23.2 Å². The monoisotopic (exact) mass is 450 g/mol. The second-order valence-corrected chi connectivity index (χ2v) is 7.66. The van der Waals surface area contributed by atoms with Crippen LogP contribution in [0.5, 0.6) is 0 Å². The van der Waals surface area contributed by atoms with Crippen LogP contribution in [-0.2, 0) is 0 Å². The first-order chi connectivity index (χ1) is 9.47. The highest BCUT2D eigenvalue weighted by molar-refractivity contribution is 14.1. The van der Waals surface area contributed by atoms with Crippen LogP contribution in [0.25, 0.3) is 0 Å². The summed E-state index contributed by atoms with van der Waals surface area (Å²) in [6.07, 6.45) is 2.36. The molecule has 0 unspecified atom stereocenters. The van der Waals surface area contributed by atoms with Crippen LogP contribution in [-0.4, -0.2) is 49.4 Å². The molecule has 2 rings (SSSR count). The fourth-order valence-corrected chi connectivity index (χ4v) is 3.49. The van der Waals surface area contributed by atoms with Gasteiger partial charge in [-0.15, -0.1) is 0 Å². The molecule has 1 aliphatic heterocycles. The van der Waals surface area contributed by atoms with Crippen LogP contribution in [0, 0.1) is 9.49 Å². The van der Waals surface area contributed by atoms with Gasteiger partial charge < -0.3 is 9.80 Å². The Morgan fingerprint density at radius 1 is 1.45 bits per heavy atom. The molecule has 1 aliphatic rings. The molecular formula is C15H20BrIN2O. The van der Waals surface area contributed by atoms with Crippen LogP contribution >= 0.6 is 38.5 Å². The first-order valence-corrected chi connectivity index (χ1v) is 8.73. The topological polar surface area (TPSA) is 23.6 Å². The summed E-state index contributed by atoms with van der Waals surface area (Å²) in [5.74, 6) is 0.732. The van der Waals surface area contributed by atoms with Gasteiger partial charge in [-0.25, -0.2) is 0 Å². The lowest BCUT2D eigenvalue weighted by Crippen LogP contribution is -2.38. The Balaban J connectivity index is 1.99. The van der Waals surface area contributed by atoms with E-state index in [0.29, 0.717) is 5.92 Å². The number of hydrogen-bond acceptors (Lipinski definition) is 2. The van der Waals surface area contributed by atoms with Crippen molar-refractivity contribution in [2.24, 2.45) is 5.92 Å². The minimum Gasteiger partial charge on any atom is -0.341 e. The van der Waals surface area contributed by atoms with Crippen molar-refractivity contribution >= 4 is 44.4 Å². The lowest BCUT2D eigenvalue weighted by atomic mass is 9.96. The van der Waals surface area contributed by atoms with Crippen LogP contribution in [0.2, 0.25) is 0 Å². The molecule has 0 aromatic heterocycles. The van der Waals surface area contributed by atoms with E-state index in [-0.39, 0.29) is 5.91 Å². The summed E-state index contributed by atoms with van der Waals surface area (Å²) >= 11 is 5.71. The number of piperidine rings is 1. The van der Waals surface area contributed by atoms with Gasteiger partial charge in [0.1, 0.15) is 0 Å². The summed E-state index contributed by atoms with van der Waals surface area (Å²) < 4.78 is 1.96. The maximum absolute atomic E-state index is 12.5. The molecule has 0 saturated carbocycles. The molecule has 110 valence electrons. The Bertz CT molecular complexity index is 487. The van der Waals surface area contributed by atoms with Gasteiger partial charge >= 0.3 is 0 Å². The first kappa shape index (κ1) is 16.2. The number of hydrogen-bond donors (Lipinski definition) is 0. The third kappa shape index (κ3) is 4.18. The largest absolute Gasteiger partial charge is 0.341 e. The zero-order valence-corrected chi connectivity index (χ0v) is 15.6. The molecule has 1 amide bonds. The molecule has 1 aromatic carbocycles. The molecule has 1 saturated heterocycles. The number of rotatable bonds is 3. The molecule has 1 fully saturated rings. The highest BCUT2D eigenvalue weighted by atomic mass is 127. The summed E-state index contributed by atoms with van der Waals surface area (Å²) in [6, 6.07) is 5.88. The second-order valence-electron chi connectivity index (χ2n) is 5.56. The Morgan fingerprint density at radius 2 is 2.10 bits per heavy atom. The molecular weight excluding hydrogens is 431 g/mol. The molecule has 0 N–H and O–H groups in total. The fraction of sp³-hybridized carbons (Fsp3) is 0.533. The van der Waals surface area contributed by atoms with E-state index in [0.717, 1.165) is 33.2 Å². The van der Waals surface area contributed by atoms with Crippen molar-refractivity contribution in [3.63, 3.8) is 0 Å². The molecule has 20 heavy (non-hydrogen) atoms. The van der Waals surface area contributed by atoms with Gasteiger partial charge in [0.05, 0.1) is 5.56 Å². The standard InChI is InChI=1S/C15H20BrIN2O/c1-18-7-5-11(6-8-18)10-19(2)15(20)13-9-12(17)3-4-14(13)16/h3-4,9,11H,5-8,10H2,1-2H3. The Hall–Kier alpha value is -0.140. The predicted molar refractivity (Wildman–Crippen MR) is 94.0 cm³/mol. The van der Waals surface area contributed by atoms with Crippen LogP contribution in [0.4, 0.5) is 0 Å². The number of benzene rings is 1. The van der Waals surface area contributed by atoms with E-state index < -0.39 is 0 Å². The Kier molecular flexibility index (Phi) is 5.86. The third-order valence-electron chi connectivity index (χ3n) is 3.88. The third-order valence-corrected chi connectivity index (χ3v) is 5.24. The number of halogens is 2. The number of amides is 1. The van der Waals surface area contributed by atoms with E-state index in [4.69, 9.17) is 0 Å². The normalized spacial score (nSPS) is 17.2. The zero-order chi connectivity index (χ0) is 14.7. The number of carbonyl (C=O) groups is 1. The van der Waals surface area contributed by atoms with E-state index in [9.17, 15) is 4.79 Å². The smallest absolute Gasteiger partial charge is 0.254 e. The molecule has 1 heterocycles. The highest BCUT2D eigenvalue weighted by Crippen LogP contribution is 2.22.